The van der Waals surface area contributed by atoms with Gasteiger partial charge in [-0.3, -0.25) is 14.5 Å². The van der Waals surface area contributed by atoms with E-state index in [-0.39, 0.29) is 11.3 Å². The third-order valence-corrected chi connectivity index (χ3v) is 10.2. The number of piperidine rings is 2. The smallest absolute Gasteiger partial charge is 0.247 e. The maximum absolute atomic E-state index is 13.2. The Morgan fingerprint density at radius 1 is 1.00 bits per heavy atom. The molecule has 1 N–H and O–H groups in total. The van der Waals surface area contributed by atoms with Crippen molar-refractivity contribution < 1.29 is 9.59 Å². The van der Waals surface area contributed by atoms with Crippen molar-refractivity contribution >= 4 is 23.4 Å². The summed E-state index contributed by atoms with van der Waals surface area (Å²) in [6, 6.07) is 21.3. The van der Waals surface area contributed by atoms with Gasteiger partial charge in [-0.15, -0.1) is 0 Å². The molecule has 212 valence electrons. The minimum atomic E-state index is -0.878. The number of carbonyl (C=O) groups is 2. The number of hydrogen-bond acceptors (Lipinski definition) is 4. The molecule has 6 rings (SSSR count). The minimum absolute atomic E-state index is 0.00342. The molecule has 7 heteroatoms. The topological polar surface area (TPSA) is 70.5 Å². The molecular weight excluding hydrogens is 498 g/mol. The first-order chi connectivity index (χ1) is 19.3. The van der Waals surface area contributed by atoms with Crippen molar-refractivity contribution in [2.45, 2.75) is 94.8 Å². The Kier molecular flexibility index (Phi) is 7.19. The molecule has 3 saturated heterocycles. The van der Waals surface area contributed by atoms with Gasteiger partial charge in [-0.1, -0.05) is 42.5 Å². The first-order valence-corrected chi connectivity index (χ1v) is 15.1. The highest BCUT2D eigenvalue weighted by atomic mass is 16.2. The highest BCUT2D eigenvalue weighted by Crippen LogP contribution is 2.45. The molecule has 0 radical (unpaired) electrons. The van der Waals surface area contributed by atoms with E-state index < -0.39 is 5.54 Å². The van der Waals surface area contributed by atoms with Gasteiger partial charge in [0, 0.05) is 31.2 Å². The van der Waals surface area contributed by atoms with E-state index in [2.05, 4.69) is 76.3 Å². The molecule has 3 fully saturated rings. The van der Waals surface area contributed by atoms with Crippen LogP contribution in [0.25, 0.3) is 11.0 Å². The van der Waals surface area contributed by atoms with E-state index in [1.165, 1.54) is 36.8 Å². The molecule has 4 heterocycles. The molecule has 0 aliphatic carbocycles. The fraction of sp³-hybridized carbons (Fsp3) is 0.545. The Morgan fingerprint density at radius 3 is 2.33 bits per heavy atom. The number of benzene rings is 2. The van der Waals surface area contributed by atoms with E-state index in [0.717, 1.165) is 50.2 Å². The Labute approximate surface area is 237 Å². The summed E-state index contributed by atoms with van der Waals surface area (Å²) in [5, 5.41) is 2.70. The molecule has 0 unspecified atom stereocenters. The summed E-state index contributed by atoms with van der Waals surface area (Å²) in [4.78, 5) is 33.9. The van der Waals surface area contributed by atoms with Crippen molar-refractivity contribution in [3.8, 4) is 0 Å². The number of fused-ring (bicyclic) bond motifs is 3. The number of nitrogens with zero attached hydrogens (tertiary/aromatic N) is 4. The molecule has 2 amide bonds. The monoisotopic (exact) mass is 541 g/mol. The molecule has 3 aliphatic rings. The largest absolute Gasteiger partial charge is 0.345 e. The number of nitrogens with one attached hydrogen (secondary N) is 1. The van der Waals surface area contributed by atoms with Crippen LogP contribution in [-0.4, -0.2) is 68.9 Å². The summed E-state index contributed by atoms with van der Waals surface area (Å²) in [6.07, 6.45) is 8.59. The van der Waals surface area contributed by atoms with Crippen LogP contribution in [-0.2, 0) is 15.0 Å². The molecule has 2 bridgehead atoms. The van der Waals surface area contributed by atoms with Crippen LogP contribution in [0.4, 0.5) is 0 Å². The fourth-order valence-corrected chi connectivity index (χ4v) is 8.01. The lowest BCUT2D eigenvalue weighted by Crippen LogP contribution is -2.57. The summed E-state index contributed by atoms with van der Waals surface area (Å²) >= 11 is 0. The van der Waals surface area contributed by atoms with Crippen LogP contribution in [0.1, 0.15) is 76.2 Å². The number of aryl methyl sites for hydroxylation is 1. The van der Waals surface area contributed by atoms with Gasteiger partial charge in [0.25, 0.3) is 0 Å². The van der Waals surface area contributed by atoms with Crippen LogP contribution < -0.4 is 5.32 Å². The van der Waals surface area contributed by atoms with E-state index in [4.69, 9.17) is 4.98 Å². The van der Waals surface area contributed by atoms with Crippen LogP contribution in [0.3, 0.4) is 0 Å². The summed E-state index contributed by atoms with van der Waals surface area (Å²) in [5.74, 6) is 1.14. The zero-order valence-electron chi connectivity index (χ0n) is 24.2. The van der Waals surface area contributed by atoms with Gasteiger partial charge in [0.2, 0.25) is 12.3 Å². The molecule has 1 aromatic heterocycles. The number of likely N-dealkylation sites (tertiary alicyclic amines) is 1. The molecular formula is C33H43N5O2. The minimum Gasteiger partial charge on any atom is -0.345 e. The highest BCUT2D eigenvalue weighted by molar-refractivity contribution is 5.87. The first-order valence-electron chi connectivity index (χ1n) is 15.1. The Balaban J connectivity index is 1.16. The number of amides is 2. The predicted molar refractivity (Wildman–Crippen MR) is 158 cm³/mol. The van der Waals surface area contributed by atoms with Gasteiger partial charge in [0.1, 0.15) is 11.4 Å². The number of rotatable bonds is 8. The summed E-state index contributed by atoms with van der Waals surface area (Å²) in [6.45, 7) is 8.28. The van der Waals surface area contributed by atoms with E-state index in [9.17, 15) is 9.59 Å². The zero-order valence-corrected chi connectivity index (χ0v) is 24.2. The van der Waals surface area contributed by atoms with Gasteiger partial charge >= 0.3 is 0 Å². The zero-order chi connectivity index (χ0) is 27.9. The van der Waals surface area contributed by atoms with Crippen molar-refractivity contribution in [3.05, 3.63) is 66.0 Å². The summed E-state index contributed by atoms with van der Waals surface area (Å²) in [7, 11) is 0. The quantitative estimate of drug-likeness (QED) is 0.408. The van der Waals surface area contributed by atoms with Crippen molar-refractivity contribution in [1.82, 2.24) is 24.7 Å². The average molecular weight is 542 g/mol. The molecule has 0 spiro atoms. The standard InChI is InChI=1S/C33H43N5O2/c1-24-35-29-11-7-8-12-30(29)38(24)28-21-26-13-14-27(22-28)37(26)20-17-33(25-9-5-4-6-10-25)15-18-36(19-16-33)31(40)32(2,3)34-23-39/h4-12,23,26-28H,13-22H2,1-3H3,(H,34,39)/t26-,27+,28+. The second-order valence-electron chi connectivity index (χ2n) is 12.8. The van der Waals surface area contributed by atoms with Crippen molar-refractivity contribution in [1.29, 1.82) is 0 Å². The van der Waals surface area contributed by atoms with Gasteiger partial charge in [0.05, 0.1) is 11.0 Å². The van der Waals surface area contributed by atoms with Crippen molar-refractivity contribution in [2.75, 3.05) is 19.6 Å². The first kappa shape index (κ1) is 27.0. The number of carbonyl (C=O) groups excluding carboxylic acids is 2. The molecule has 40 heavy (non-hydrogen) atoms. The van der Waals surface area contributed by atoms with E-state index in [1.807, 2.05) is 4.90 Å². The third kappa shape index (κ3) is 4.83. The lowest BCUT2D eigenvalue weighted by atomic mass is 9.70. The Hall–Kier alpha value is -3.19. The van der Waals surface area contributed by atoms with Gasteiger partial charge in [-0.25, -0.2) is 4.98 Å². The molecule has 3 aliphatic heterocycles. The number of aromatic nitrogens is 2. The lowest BCUT2D eigenvalue weighted by molar-refractivity contribution is -0.140. The second-order valence-corrected chi connectivity index (χ2v) is 12.8. The number of hydrogen-bond donors (Lipinski definition) is 1. The van der Waals surface area contributed by atoms with Gasteiger partial charge < -0.3 is 14.8 Å². The molecule has 3 atom stereocenters. The van der Waals surface area contributed by atoms with E-state index >= 15 is 0 Å². The summed E-state index contributed by atoms with van der Waals surface area (Å²) in [5.41, 5.74) is 2.96. The average Bonchev–Trinajstić information content (AvgIpc) is 3.42. The second kappa shape index (κ2) is 10.7. The number of imidazole rings is 1. The highest BCUT2D eigenvalue weighted by Gasteiger charge is 2.45. The van der Waals surface area contributed by atoms with Crippen LogP contribution in [0, 0.1) is 6.92 Å². The Bertz CT molecular complexity index is 1340. The van der Waals surface area contributed by atoms with Gasteiger partial charge in [0.15, 0.2) is 0 Å². The lowest BCUT2D eigenvalue weighted by Gasteiger charge is -2.46. The summed E-state index contributed by atoms with van der Waals surface area (Å²) < 4.78 is 2.51. The van der Waals surface area contributed by atoms with Crippen LogP contribution in [0.5, 0.6) is 0 Å². The predicted octanol–water partition coefficient (Wildman–Crippen LogP) is 4.99. The maximum Gasteiger partial charge on any atom is 0.247 e. The van der Waals surface area contributed by atoms with Gasteiger partial charge in [-0.05, 0) is 95.4 Å². The van der Waals surface area contributed by atoms with E-state index in [1.54, 1.807) is 13.8 Å². The maximum atomic E-state index is 13.2. The molecule has 3 aromatic rings. The normalized spacial score (nSPS) is 24.8. The molecule has 7 nitrogen and oxygen atoms in total. The van der Waals surface area contributed by atoms with Crippen LogP contribution in [0.2, 0.25) is 0 Å². The van der Waals surface area contributed by atoms with Crippen molar-refractivity contribution in [3.63, 3.8) is 0 Å². The molecule has 0 saturated carbocycles. The van der Waals surface area contributed by atoms with Crippen LogP contribution in [0.15, 0.2) is 54.6 Å². The molecule has 2 aromatic carbocycles. The fourth-order valence-electron chi connectivity index (χ4n) is 8.01. The van der Waals surface area contributed by atoms with Crippen molar-refractivity contribution in [2.24, 2.45) is 0 Å². The van der Waals surface area contributed by atoms with E-state index in [0.29, 0.717) is 24.5 Å². The van der Waals surface area contributed by atoms with Gasteiger partial charge in [-0.2, -0.15) is 0 Å². The number of para-hydroxylation sites is 2. The SMILES string of the molecule is Cc1nc2ccccc2n1[C@H]1C[C@H]2CC[C@@H](C1)N2CCC1(c2ccccc2)CCN(C(=O)C(C)(C)NC=O)CC1. The van der Waals surface area contributed by atoms with Crippen LogP contribution >= 0.6 is 0 Å². The Morgan fingerprint density at radius 2 is 1.65 bits per heavy atom. The third-order valence-electron chi connectivity index (χ3n) is 10.2.